The van der Waals surface area contributed by atoms with Crippen LogP contribution in [0.25, 0.3) is 0 Å². The third-order valence-corrected chi connectivity index (χ3v) is 4.10. The van der Waals surface area contributed by atoms with Crippen LogP contribution in [-0.4, -0.2) is 22.8 Å². The molecule has 0 bridgehead atoms. The van der Waals surface area contributed by atoms with E-state index in [4.69, 9.17) is 12.2 Å². The Morgan fingerprint density at radius 3 is 3.00 bits per heavy atom. The van der Waals surface area contributed by atoms with E-state index in [1.807, 2.05) is 25.1 Å². The summed E-state index contributed by atoms with van der Waals surface area (Å²) in [4.78, 5) is 17.7. The van der Waals surface area contributed by atoms with Crippen LogP contribution in [-0.2, 0) is 12.0 Å². The lowest BCUT2D eigenvalue weighted by Crippen LogP contribution is -2.53. The Bertz CT molecular complexity index is 629. The number of carbonyl (C=O) groups excluding carboxylic acids is 1. The van der Waals surface area contributed by atoms with E-state index >= 15 is 0 Å². The van der Waals surface area contributed by atoms with Crippen LogP contribution in [0.2, 0.25) is 0 Å². The average Bonchev–Trinajstić information content (AvgIpc) is 2.90. The fraction of sp³-hybridized carbons (Fsp3) is 0.333. The van der Waals surface area contributed by atoms with Crippen LogP contribution in [0.4, 0.5) is 4.79 Å². The van der Waals surface area contributed by atoms with E-state index in [0.717, 1.165) is 18.4 Å². The number of aryl methyl sites for hydroxylation is 1. The first-order valence-corrected chi connectivity index (χ1v) is 6.33. The van der Waals surface area contributed by atoms with Gasteiger partial charge in [-0.3, -0.25) is 4.90 Å². The van der Waals surface area contributed by atoms with E-state index in [9.17, 15) is 4.79 Å². The minimum absolute atomic E-state index is 0.330. The van der Waals surface area contributed by atoms with Gasteiger partial charge in [-0.2, -0.15) is 4.99 Å². The SMILES string of the molecule is C#CC(C)N1C(=O)N=C(N)C12CCc1ccccc12. The first kappa shape index (κ1) is 11.8. The predicted octanol–water partition coefficient (Wildman–Crippen LogP) is 1.64. The fourth-order valence-corrected chi connectivity index (χ4v) is 3.22. The lowest BCUT2D eigenvalue weighted by molar-refractivity contribution is 0.158. The van der Waals surface area contributed by atoms with Gasteiger partial charge < -0.3 is 5.73 Å². The number of hydrogen-bond acceptors (Lipinski definition) is 2. The van der Waals surface area contributed by atoms with Crippen molar-refractivity contribution in [3.05, 3.63) is 35.4 Å². The number of fused-ring (bicyclic) bond motifs is 2. The molecule has 0 saturated heterocycles. The van der Waals surface area contributed by atoms with Gasteiger partial charge in [0.15, 0.2) is 0 Å². The van der Waals surface area contributed by atoms with Crippen molar-refractivity contribution in [3.63, 3.8) is 0 Å². The minimum atomic E-state index is -0.639. The Morgan fingerprint density at radius 2 is 2.26 bits per heavy atom. The molecule has 19 heavy (non-hydrogen) atoms. The number of terminal acetylenes is 1. The smallest absolute Gasteiger partial charge is 0.347 e. The van der Waals surface area contributed by atoms with Crippen LogP contribution in [0, 0.1) is 12.3 Å². The van der Waals surface area contributed by atoms with E-state index in [0.29, 0.717) is 5.84 Å². The second-order valence-electron chi connectivity index (χ2n) is 5.01. The molecular weight excluding hydrogens is 238 g/mol. The molecule has 4 nitrogen and oxygen atoms in total. The van der Waals surface area contributed by atoms with Gasteiger partial charge in [-0.25, -0.2) is 4.79 Å². The van der Waals surface area contributed by atoms with Gasteiger partial charge in [0.25, 0.3) is 0 Å². The normalized spacial score (nSPS) is 26.2. The summed E-state index contributed by atoms with van der Waals surface area (Å²) in [5.41, 5.74) is 7.71. The maximum Gasteiger partial charge on any atom is 0.347 e. The van der Waals surface area contributed by atoms with Crippen molar-refractivity contribution < 1.29 is 4.79 Å². The van der Waals surface area contributed by atoms with Gasteiger partial charge >= 0.3 is 6.03 Å². The van der Waals surface area contributed by atoms with Gasteiger partial charge in [-0.05, 0) is 30.9 Å². The number of aliphatic imine (C=N–C) groups is 1. The van der Waals surface area contributed by atoms with Gasteiger partial charge in [0.05, 0.1) is 6.04 Å². The molecule has 2 atom stereocenters. The van der Waals surface area contributed by atoms with Crippen LogP contribution >= 0.6 is 0 Å². The summed E-state index contributed by atoms with van der Waals surface area (Å²) in [6, 6.07) is 7.37. The lowest BCUT2D eigenvalue weighted by Gasteiger charge is -2.37. The van der Waals surface area contributed by atoms with Crippen molar-refractivity contribution in [1.82, 2.24) is 4.90 Å². The number of amides is 2. The van der Waals surface area contributed by atoms with E-state index in [1.165, 1.54) is 5.56 Å². The number of urea groups is 1. The molecule has 2 unspecified atom stereocenters. The van der Waals surface area contributed by atoms with Crippen LogP contribution in [0.5, 0.6) is 0 Å². The first-order chi connectivity index (χ1) is 9.11. The van der Waals surface area contributed by atoms with Crippen molar-refractivity contribution in [2.45, 2.75) is 31.3 Å². The van der Waals surface area contributed by atoms with Crippen LogP contribution in [0.1, 0.15) is 24.5 Å². The highest BCUT2D eigenvalue weighted by molar-refractivity contribution is 6.07. The Morgan fingerprint density at radius 1 is 1.53 bits per heavy atom. The highest BCUT2D eigenvalue weighted by Gasteiger charge is 2.54. The summed E-state index contributed by atoms with van der Waals surface area (Å²) in [5, 5.41) is 0. The number of rotatable bonds is 1. The molecule has 1 aliphatic heterocycles. The second-order valence-corrected chi connectivity index (χ2v) is 5.01. The fourth-order valence-electron chi connectivity index (χ4n) is 3.22. The van der Waals surface area contributed by atoms with Gasteiger partial charge in [0, 0.05) is 0 Å². The summed E-state index contributed by atoms with van der Waals surface area (Å²) in [7, 11) is 0. The minimum Gasteiger partial charge on any atom is -0.385 e. The van der Waals surface area contributed by atoms with Gasteiger partial charge in [0.2, 0.25) is 0 Å². The summed E-state index contributed by atoms with van der Waals surface area (Å²) >= 11 is 0. The molecular formula is C15H15N3O. The molecule has 0 aromatic heterocycles. The summed E-state index contributed by atoms with van der Waals surface area (Å²) in [6.07, 6.45) is 7.13. The van der Waals surface area contributed by atoms with Crippen molar-refractivity contribution in [2.75, 3.05) is 0 Å². The summed E-state index contributed by atoms with van der Waals surface area (Å²) in [5.74, 6) is 2.98. The van der Waals surface area contributed by atoms with Gasteiger partial charge in [-0.15, -0.1) is 6.42 Å². The number of amidine groups is 1. The lowest BCUT2D eigenvalue weighted by atomic mass is 9.88. The molecule has 2 amide bonds. The first-order valence-electron chi connectivity index (χ1n) is 6.33. The molecule has 1 heterocycles. The average molecular weight is 253 g/mol. The number of nitrogens with zero attached hydrogens (tertiary/aromatic N) is 2. The van der Waals surface area contributed by atoms with E-state index in [2.05, 4.69) is 17.0 Å². The second kappa shape index (κ2) is 3.86. The zero-order chi connectivity index (χ0) is 13.6. The number of nitrogens with two attached hydrogens (primary N) is 1. The molecule has 1 aromatic rings. The Labute approximate surface area is 112 Å². The number of carbonyl (C=O) groups is 1. The molecule has 2 aliphatic rings. The molecule has 1 spiro atoms. The zero-order valence-corrected chi connectivity index (χ0v) is 10.8. The molecule has 1 aliphatic carbocycles. The summed E-state index contributed by atoms with van der Waals surface area (Å²) in [6.45, 7) is 1.83. The van der Waals surface area contributed by atoms with Gasteiger partial charge in [0.1, 0.15) is 11.4 Å². The van der Waals surface area contributed by atoms with E-state index in [-0.39, 0.29) is 12.1 Å². The maximum absolute atomic E-state index is 12.1. The Kier molecular flexibility index (Phi) is 2.39. The monoisotopic (exact) mass is 253 g/mol. The number of benzene rings is 1. The third kappa shape index (κ3) is 1.36. The van der Waals surface area contributed by atoms with Crippen molar-refractivity contribution in [2.24, 2.45) is 10.7 Å². The molecule has 4 heteroatoms. The molecule has 2 N–H and O–H groups in total. The molecule has 96 valence electrons. The summed E-state index contributed by atoms with van der Waals surface area (Å²) < 4.78 is 0. The molecule has 0 saturated carbocycles. The van der Waals surface area contributed by atoms with E-state index < -0.39 is 5.54 Å². The highest BCUT2D eigenvalue weighted by atomic mass is 16.2. The van der Waals surface area contributed by atoms with Gasteiger partial charge in [-0.1, -0.05) is 30.2 Å². The van der Waals surface area contributed by atoms with Crippen molar-refractivity contribution in [1.29, 1.82) is 0 Å². The molecule has 3 rings (SSSR count). The Balaban J connectivity index is 2.20. The quantitative estimate of drug-likeness (QED) is 0.773. The molecule has 1 aromatic carbocycles. The van der Waals surface area contributed by atoms with Crippen molar-refractivity contribution >= 4 is 11.9 Å². The van der Waals surface area contributed by atoms with Crippen molar-refractivity contribution in [3.8, 4) is 12.3 Å². The van der Waals surface area contributed by atoms with Crippen LogP contribution < -0.4 is 5.73 Å². The zero-order valence-electron chi connectivity index (χ0n) is 10.8. The molecule has 0 fully saturated rings. The van der Waals surface area contributed by atoms with E-state index in [1.54, 1.807) is 4.90 Å². The third-order valence-electron chi connectivity index (χ3n) is 4.10. The maximum atomic E-state index is 12.1. The largest absolute Gasteiger partial charge is 0.385 e. The predicted molar refractivity (Wildman–Crippen MR) is 73.6 cm³/mol. The molecule has 0 radical (unpaired) electrons. The number of hydrogen-bond donors (Lipinski definition) is 1. The van der Waals surface area contributed by atoms with Crippen LogP contribution in [0.3, 0.4) is 0 Å². The Hall–Kier alpha value is -2.28. The highest BCUT2D eigenvalue weighted by Crippen LogP contribution is 2.45. The topological polar surface area (TPSA) is 58.7 Å². The standard InChI is InChI=1S/C15H15N3O/c1-3-10(2)18-14(19)17-13(16)15(18)9-8-11-6-4-5-7-12(11)15/h1,4-7,10H,8-9H2,2H3,(H2,16,17,19). The van der Waals surface area contributed by atoms with Crippen LogP contribution in [0.15, 0.2) is 29.3 Å².